The van der Waals surface area contributed by atoms with E-state index in [0.29, 0.717) is 18.1 Å². The molecule has 0 bridgehead atoms. The molecule has 5 heteroatoms. The van der Waals surface area contributed by atoms with Gasteiger partial charge in [-0.3, -0.25) is 4.79 Å². The van der Waals surface area contributed by atoms with Crippen LogP contribution in [0.3, 0.4) is 0 Å². The number of allylic oxidation sites excluding steroid dienone is 1. The van der Waals surface area contributed by atoms with Gasteiger partial charge in [0.05, 0.1) is 29.6 Å². The van der Waals surface area contributed by atoms with Crippen LogP contribution in [0.1, 0.15) is 6.42 Å². The van der Waals surface area contributed by atoms with Crippen LogP contribution in [0.5, 0.6) is 0 Å². The molecule has 1 aliphatic carbocycles. The largest absolute Gasteiger partial charge is 0.343 e. The minimum atomic E-state index is -0.936. The molecule has 1 spiro atoms. The zero-order valence-electron chi connectivity index (χ0n) is 9.52. The first-order valence-electron chi connectivity index (χ1n) is 5.65. The Hall–Kier alpha value is -0.810. The minimum Gasteiger partial charge on any atom is -0.343 e. The van der Waals surface area contributed by atoms with Crippen LogP contribution < -0.4 is 0 Å². The molecule has 1 saturated heterocycles. The van der Waals surface area contributed by atoms with Gasteiger partial charge in [-0.05, 0) is 12.1 Å². The van der Waals surface area contributed by atoms with Crippen LogP contribution in [0.15, 0.2) is 45.2 Å². The summed E-state index contributed by atoms with van der Waals surface area (Å²) in [7, 11) is 0. The van der Waals surface area contributed by atoms with Crippen LogP contribution in [-0.4, -0.2) is 24.8 Å². The number of hydrogen-bond donors (Lipinski definition) is 0. The highest BCUT2D eigenvalue weighted by Gasteiger charge is 2.50. The molecule has 0 N–H and O–H groups in total. The zero-order valence-corrected chi connectivity index (χ0v) is 11.1. The molecule has 1 aromatic carbocycles. The van der Waals surface area contributed by atoms with E-state index in [9.17, 15) is 4.79 Å². The number of thioether (sulfide) groups is 1. The average Bonchev–Trinajstić information content (AvgIpc) is 2.93. The number of hydrogen-bond acceptors (Lipinski definition) is 4. The van der Waals surface area contributed by atoms with Crippen molar-refractivity contribution in [3.8, 4) is 0 Å². The van der Waals surface area contributed by atoms with E-state index in [1.165, 1.54) is 11.8 Å². The van der Waals surface area contributed by atoms with Crippen molar-refractivity contribution in [2.45, 2.75) is 17.1 Å². The molecule has 0 radical (unpaired) electrons. The number of rotatable bonds is 2. The lowest BCUT2D eigenvalue weighted by Crippen LogP contribution is -2.29. The van der Waals surface area contributed by atoms with Crippen LogP contribution in [0.2, 0.25) is 0 Å². The van der Waals surface area contributed by atoms with Crippen molar-refractivity contribution in [3.63, 3.8) is 0 Å². The second-order valence-electron chi connectivity index (χ2n) is 4.11. The van der Waals surface area contributed by atoms with Gasteiger partial charge < -0.3 is 9.47 Å². The Morgan fingerprint density at radius 1 is 1.17 bits per heavy atom. The lowest BCUT2D eigenvalue weighted by Gasteiger charge is -2.23. The summed E-state index contributed by atoms with van der Waals surface area (Å²) in [5.74, 6) is -1.05. The molecule has 1 fully saturated rings. The monoisotopic (exact) mass is 282 g/mol. The number of carbonyl (C=O) groups excluding carboxylic acids is 1. The Labute approximate surface area is 114 Å². The maximum absolute atomic E-state index is 11.8. The summed E-state index contributed by atoms with van der Waals surface area (Å²) >= 11 is 7.53. The third-order valence-electron chi connectivity index (χ3n) is 2.90. The lowest BCUT2D eigenvalue weighted by atomic mass is 10.2. The molecular weight excluding hydrogens is 272 g/mol. The third-order valence-corrected chi connectivity index (χ3v) is 4.64. The molecule has 1 aliphatic heterocycles. The highest BCUT2D eigenvalue weighted by atomic mass is 35.5. The second-order valence-corrected chi connectivity index (χ2v) is 5.57. The Morgan fingerprint density at radius 2 is 1.83 bits per heavy atom. The highest BCUT2D eigenvalue weighted by molar-refractivity contribution is 8.03. The van der Waals surface area contributed by atoms with Gasteiger partial charge >= 0.3 is 0 Å². The van der Waals surface area contributed by atoms with E-state index in [4.69, 9.17) is 21.1 Å². The molecule has 0 aromatic heterocycles. The van der Waals surface area contributed by atoms with Crippen molar-refractivity contribution in [1.82, 2.24) is 0 Å². The number of ether oxygens (including phenoxy) is 2. The van der Waals surface area contributed by atoms with Crippen molar-refractivity contribution in [2.24, 2.45) is 0 Å². The number of benzene rings is 1. The smallest absolute Gasteiger partial charge is 0.210 e. The second kappa shape index (κ2) is 4.70. The van der Waals surface area contributed by atoms with E-state index >= 15 is 0 Å². The molecule has 1 heterocycles. The summed E-state index contributed by atoms with van der Waals surface area (Å²) in [5.41, 5.74) is 0. The fourth-order valence-corrected chi connectivity index (χ4v) is 3.48. The maximum Gasteiger partial charge on any atom is 0.210 e. The summed E-state index contributed by atoms with van der Waals surface area (Å²) in [6.07, 6.45) is 0.182. The molecule has 3 rings (SSSR count). The number of ketones is 1. The van der Waals surface area contributed by atoms with Crippen LogP contribution in [0.25, 0.3) is 0 Å². The van der Waals surface area contributed by atoms with Gasteiger partial charge in [0.15, 0.2) is 5.78 Å². The predicted molar refractivity (Wildman–Crippen MR) is 69.4 cm³/mol. The Morgan fingerprint density at radius 3 is 2.50 bits per heavy atom. The van der Waals surface area contributed by atoms with E-state index < -0.39 is 5.79 Å². The molecular formula is C13H11ClO3S. The molecule has 18 heavy (non-hydrogen) atoms. The Bertz CT molecular complexity index is 506. The van der Waals surface area contributed by atoms with Crippen LogP contribution in [0.4, 0.5) is 0 Å². The van der Waals surface area contributed by atoms with Gasteiger partial charge in [0, 0.05) is 4.90 Å². The van der Waals surface area contributed by atoms with E-state index in [1.807, 2.05) is 30.3 Å². The van der Waals surface area contributed by atoms with Crippen molar-refractivity contribution in [1.29, 1.82) is 0 Å². The highest BCUT2D eigenvalue weighted by Crippen LogP contribution is 2.49. The molecule has 0 unspecified atom stereocenters. The van der Waals surface area contributed by atoms with E-state index in [0.717, 1.165) is 4.90 Å². The fraction of sp³-hybridized carbons (Fsp3) is 0.308. The molecule has 0 amide bonds. The van der Waals surface area contributed by atoms with Crippen molar-refractivity contribution < 1.29 is 14.3 Å². The quantitative estimate of drug-likeness (QED) is 0.835. The molecule has 94 valence electrons. The van der Waals surface area contributed by atoms with Crippen LogP contribution >= 0.6 is 23.4 Å². The third kappa shape index (κ3) is 1.99. The first-order valence-corrected chi connectivity index (χ1v) is 6.85. The summed E-state index contributed by atoms with van der Waals surface area (Å²) in [6, 6.07) is 9.76. The van der Waals surface area contributed by atoms with Crippen molar-refractivity contribution >= 4 is 29.1 Å². The molecule has 1 aromatic rings. The van der Waals surface area contributed by atoms with E-state index in [2.05, 4.69) is 0 Å². The minimum absolute atomic E-state index is 0.114. The standard InChI is InChI=1S/C13H11ClO3S/c14-11-10(15)8-13(16-6-7-17-13)12(11)18-9-4-2-1-3-5-9/h1-5H,6-8H2. The summed E-state index contributed by atoms with van der Waals surface area (Å²) in [5, 5.41) is 0.241. The number of halogens is 1. The van der Waals surface area contributed by atoms with Crippen molar-refractivity contribution in [2.75, 3.05) is 13.2 Å². The SMILES string of the molecule is O=C1CC2(OCCO2)C(Sc2ccccc2)=C1Cl. The first-order chi connectivity index (χ1) is 8.71. The molecule has 2 aliphatic rings. The van der Waals surface area contributed by atoms with Crippen molar-refractivity contribution in [3.05, 3.63) is 40.3 Å². The fourth-order valence-electron chi connectivity index (χ4n) is 2.08. The van der Waals surface area contributed by atoms with Gasteiger partial charge in [0.25, 0.3) is 0 Å². The van der Waals surface area contributed by atoms with Gasteiger partial charge in [-0.15, -0.1) is 0 Å². The van der Waals surface area contributed by atoms with Gasteiger partial charge in [0.2, 0.25) is 5.79 Å². The summed E-state index contributed by atoms with van der Waals surface area (Å²) in [6.45, 7) is 0.993. The first kappa shape index (κ1) is 12.2. The van der Waals surface area contributed by atoms with Gasteiger partial charge in [0.1, 0.15) is 0 Å². The Kier molecular flexibility index (Phi) is 3.20. The van der Waals surface area contributed by atoms with Crippen LogP contribution in [-0.2, 0) is 14.3 Å². The molecule has 0 saturated carbocycles. The number of Topliss-reactive ketones (excluding diaryl/α,β-unsaturated/α-hetero) is 1. The lowest BCUT2D eigenvalue weighted by molar-refractivity contribution is -0.136. The summed E-state index contributed by atoms with van der Waals surface area (Å²) in [4.78, 5) is 13.5. The molecule has 0 atom stereocenters. The van der Waals surface area contributed by atoms with E-state index in [1.54, 1.807) is 0 Å². The van der Waals surface area contributed by atoms with Gasteiger partial charge in [-0.1, -0.05) is 41.6 Å². The normalized spacial score (nSPS) is 22.2. The molecule has 3 nitrogen and oxygen atoms in total. The van der Waals surface area contributed by atoms with Crippen LogP contribution in [0, 0.1) is 0 Å². The zero-order chi connectivity index (χ0) is 12.6. The summed E-state index contributed by atoms with van der Waals surface area (Å²) < 4.78 is 11.2. The predicted octanol–water partition coefficient (Wildman–Crippen LogP) is 2.95. The van der Waals surface area contributed by atoms with Gasteiger partial charge in [-0.2, -0.15) is 0 Å². The number of carbonyl (C=O) groups is 1. The Balaban J connectivity index is 1.94. The average molecular weight is 283 g/mol. The maximum atomic E-state index is 11.8. The van der Waals surface area contributed by atoms with Gasteiger partial charge in [-0.25, -0.2) is 0 Å². The topological polar surface area (TPSA) is 35.5 Å². The van der Waals surface area contributed by atoms with E-state index in [-0.39, 0.29) is 17.2 Å².